The Morgan fingerprint density at radius 1 is 1.06 bits per heavy atom. The number of thiophene rings is 1. The molecule has 2 aromatic rings. The molecule has 1 N–H and O–H groups in total. The molecule has 0 aliphatic carbocycles. The molecule has 0 amide bonds. The van der Waals surface area contributed by atoms with Gasteiger partial charge in [-0.15, -0.1) is 12.4 Å². The van der Waals surface area contributed by atoms with Gasteiger partial charge in [0.1, 0.15) is 5.75 Å². The van der Waals surface area contributed by atoms with Crippen molar-refractivity contribution in [2.24, 2.45) is 0 Å². The molecular weight excluding hydrogens is 254 g/mol. The molecule has 0 unspecified atom stereocenters. The second kappa shape index (κ2) is 7.33. The maximum absolute atomic E-state index is 5.11. The van der Waals surface area contributed by atoms with E-state index in [9.17, 15) is 0 Å². The van der Waals surface area contributed by atoms with Crippen molar-refractivity contribution in [2.45, 2.75) is 13.1 Å². The van der Waals surface area contributed by atoms with Crippen LogP contribution in [0, 0.1) is 0 Å². The van der Waals surface area contributed by atoms with Crippen molar-refractivity contribution in [3.8, 4) is 5.75 Å². The van der Waals surface area contributed by atoms with Crippen LogP contribution in [0.2, 0.25) is 0 Å². The van der Waals surface area contributed by atoms with Crippen LogP contribution in [0.5, 0.6) is 5.75 Å². The summed E-state index contributed by atoms with van der Waals surface area (Å²) in [5, 5.41) is 7.68. The monoisotopic (exact) mass is 269 g/mol. The highest BCUT2D eigenvalue weighted by Crippen LogP contribution is 2.11. The molecule has 0 fully saturated rings. The minimum absolute atomic E-state index is 0. The lowest BCUT2D eigenvalue weighted by atomic mass is 10.2. The Balaban J connectivity index is 0.00000144. The number of nitrogens with one attached hydrogen (secondary N) is 1. The summed E-state index contributed by atoms with van der Waals surface area (Å²) < 4.78 is 5.11. The van der Waals surface area contributed by atoms with Crippen molar-refractivity contribution in [3.63, 3.8) is 0 Å². The van der Waals surface area contributed by atoms with Crippen LogP contribution < -0.4 is 10.1 Å². The Hall–Kier alpha value is -1.03. The van der Waals surface area contributed by atoms with Gasteiger partial charge in [0, 0.05) is 13.1 Å². The molecule has 2 nitrogen and oxygen atoms in total. The maximum Gasteiger partial charge on any atom is 0.118 e. The lowest BCUT2D eigenvalue weighted by Crippen LogP contribution is -2.11. The van der Waals surface area contributed by atoms with Crippen LogP contribution in [0.4, 0.5) is 0 Å². The van der Waals surface area contributed by atoms with E-state index in [2.05, 4.69) is 34.3 Å². The maximum atomic E-state index is 5.11. The van der Waals surface area contributed by atoms with Crippen molar-refractivity contribution >= 4 is 23.7 Å². The molecule has 0 aliphatic heterocycles. The summed E-state index contributed by atoms with van der Waals surface area (Å²) in [6, 6.07) is 10.3. The number of benzene rings is 1. The van der Waals surface area contributed by atoms with E-state index in [-0.39, 0.29) is 12.4 Å². The molecule has 0 spiro atoms. The smallest absolute Gasteiger partial charge is 0.118 e. The van der Waals surface area contributed by atoms with Gasteiger partial charge in [-0.2, -0.15) is 11.3 Å². The fourth-order valence-corrected chi connectivity index (χ4v) is 2.16. The van der Waals surface area contributed by atoms with Crippen LogP contribution in [-0.4, -0.2) is 7.11 Å². The van der Waals surface area contributed by atoms with Gasteiger partial charge in [-0.25, -0.2) is 0 Å². The third kappa shape index (κ3) is 4.38. The van der Waals surface area contributed by atoms with E-state index >= 15 is 0 Å². The fourth-order valence-electron chi connectivity index (χ4n) is 1.49. The summed E-state index contributed by atoms with van der Waals surface area (Å²) in [5.74, 6) is 0.904. The number of rotatable bonds is 5. The predicted molar refractivity (Wildman–Crippen MR) is 75.1 cm³/mol. The van der Waals surface area contributed by atoms with Gasteiger partial charge >= 0.3 is 0 Å². The first-order chi connectivity index (χ1) is 7.88. The van der Waals surface area contributed by atoms with Crippen LogP contribution >= 0.6 is 23.7 Å². The highest BCUT2D eigenvalue weighted by atomic mass is 35.5. The van der Waals surface area contributed by atoms with Gasteiger partial charge in [0.05, 0.1) is 7.11 Å². The molecular formula is C13H16ClNOS. The van der Waals surface area contributed by atoms with Crippen LogP contribution in [0.25, 0.3) is 0 Å². The van der Waals surface area contributed by atoms with Gasteiger partial charge in [-0.1, -0.05) is 12.1 Å². The van der Waals surface area contributed by atoms with E-state index in [1.54, 1.807) is 18.4 Å². The lowest BCUT2D eigenvalue weighted by molar-refractivity contribution is 0.414. The summed E-state index contributed by atoms with van der Waals surface area (Å²) in [4.78, 5) is 0. The summed E-state index contributed by atoms with van der Waals surface area (Å²) in [6.07, 6.45) is 0. The Kier molecular flexibility index (Phi) is 6.05. The molecule has 1 aromatic carbocycles. The van der Waals surface area contributed by atoms with E-state index in [1.807, 2.05) is 12.1 Å². The molecule has 1 heterocycles. The van der Waals surface area contributed by atoms with Gasteiger partial charge < -0.3 is 10.1 Å². The van der Waals surface area contributed by atoms with E-state index in [1.165, 1.54) is 11.1 Å². The standard InChI is InChI=1S/C13H15NOS.ClH/c1-15-13-4-2-11(3-5-13)8-14-9-12-6-7-16-10-12;/h2-7,10,14H,8-9H2,1H3;1H. The Morgan fingerprint density at radius 2 is 1.76 bits per heavy atom. The summed E-state index contributed by atoms with van der Waals surface area (Å²) >= 11 is 1.73. The van der Waals surface area contributed by atoms with E-state index in [0.717, 1.165) is 18.8 Å². The predicted octanol–water partition coefficient (Wildman–Crippen LogP) is 3.47. The number of ether oxygens (including phenoxy) is 1. The molecule has 0 bridgehead atoms. The molecule has 0 aliphatic rings. The topological polar surface area (TPSA) is 21.3 Å². The van der Waals surface area contributed by atoms with Crippen LogP contribution in [0.1, 0.15) is 11.1 Å². The molecule has 1 aromatic heterocycles. The van der Waals surface area contributed by atoms with Gasteiger partial charge in [0.25, 0.3) is 0 Å². The van der Waals surface area contributed by atoms with Crippen molar-refractivity contribution in [3.05, 3.63) is 52.2 Å². The molecule has 92 valence electrons. The summed E-state index contributed by atoms with van der Waals surface area (Å²) in [7, 11) is 1.68. The second-order valence-electron chi connectivity index (χ2n) is 3.58. The second-order valence-corrected chi connectivity index (χ2v) is 4.36. The minimum Gasteiger partial charge on any atom is -0.497 e. The largest absolute Gasteiger partial charge is 0.497 e. The first-order valence-electron chi connectivity index (χ1n) is 5.23. The average Bonchev–Trinajstić information content (AvgIpc) is 2.83. The zero-order valence-electron chi connectivity index (χ0n) is 9.68. The van der Waals surface area contributed by atoms with Gasteiger partial charge in [0.2, 0.25) is 0 Å². The van der Waals surface area contributed by atoms with Crippen molar-refractivity contribution in [2.75, 3.05) is 7.11 Å². The quantitative estimate of drug-likeness (QED) is 0.897. The van der Waals surface area contributed by atoms with Crippen molar-refractivity contribution in [1.82, 2.24) is 5.32 Å². The van der Waals surface area contributed by atoms with E-state index in [4.69, 9.17) is 4.74 Å². The summed E-state index contributed by atoms with van der Waals surface area (Å²) in [6.45, 7) is 1.81. The molecule has 0 saturated carbocycles. The first kappa shape index (κ1) is 14.0. The zero-order valence-corrected chi connectivity index (χ0v) is 11.3. The van der Waals surface area contributed by atoms with Gasteiger partial charge in [0.15, 0.2) is 0 Å². The Morgan fingerprint density at radius 3 is 2.35 bits per heavy atom. The fraction of sp³-hybridized carbons (Fsp3) is 0.231. The normalized spacial score (nSPS) is 9.71. The molecule has 0 saturated heterocycles. The van der Waals surface area contributed by atoms with E-state index < -0.39 is 0 Å². The first-order valence-corrected chi connectivity index (χ1v) is 6.17. The van der Waals surface area contributed by atoms with Crippen LogP contribution in [-0.2, 0) is 13.1 Å². The Bertz CT molecular complexity index is 413. The van der Waals surface area contributed by atoms with E-state index in [0.29, 0.717) is 0 Å². The molecule has 17 heavy (non-hydrogen) atoms. The third-order valence-corrected chi connectivity index (χ3v) is 3.13. The molecule has 0 radical (unpaired) electrons. The molecule has 2 rings (SSSR count). The van der Waals surface area contributed by atoms with Gasteiger partial charge in [-0.3, -0.25) is 0 Å². The number of halogens is 1. The number of methoxy groups -OCH3 is 1. The highest BCUT2D eigenvalue weighted by Gasteiger charge is 1.95. The molecule has 4 heteroatoms. The average molecular weight is 270 g/mol. The van der Waals surface area contributed by atoms with Crippen molar-refractivity contribution in [1.29, 1.82) is 0 Å². The minimum atomic E-state index is 0. The zero-order chi connectivity index (χ0) is 11.2. The van der Waals surface area contributed by atoms with Crippen LogP contribution in [0.15, 0.2) is 41.1 Å². The lowest BCUT2D eigenvalue weighted by Gasteiger charge is -2.04. The highest BCUT2D eigenvalue weighted by molar-refractivity contribution is 7.07. The van der Waals surface area contributed by atoms with Crippen LogP contribution in [0.3, 0.4) is 0 Å². The van der Waals surface area contributed by atoms with Crippen molar-refractivity contribution < 1.29 is 4.74 Å². The SMILES string of the molecule is COc1ccc(CNCc2ccsc2)cc1.Cl. The van der Waals surface area contributed by atoms with Gasteiger partial charge in [-0.05, 0) is 40.1 Å². The third-order valence-electron chi connectivity index (χ3n) is 2.40. The summed E-state index contributed by atoms with van der Waals surface area (Å²) in [5.41, 5.74) is 2.62. The number of hydrogen-bond acceptors (Lipinski definition) is 3. The Labute approximate surface area is 112 Å². The number of hydrogen-bond donors (Lipinski definition) is 1. The molecule has 0 atom stereocenters.